The minimum Gasteiger partial charge on any atom is -0.465 e. The number of carbonyl (C=O) groups is 2. The van der Waals surface area contributed by atoms with Crippen LogP contribution in [0.3, 0.4) is 0 Å². The number of fused-ring (bicyclic) bond motifs is 2. The summed E-state index contributed by atoms with van der Waals surface area (Å²) in [6.45, 7) is 4.84. The summed E-state index contributed by atoms with van der Waals surface area (Å²) >= 11 is 0. The first-order chi connectivity index (χ1) is 13.1. The Balaban J connectivity index is 1.30. The van der Waals surface area contributed by atoms with E-state index in [1.165, 1.54) is 12.8 Å². The molecule has 4 fully saturated rings. The molecule has 7 nitrogen and oxygen atoms in total. The second kappa shape index (κ2) is 8.35. The molecule has 0 radical (unpaired) electrons. The number of ether oxygens (including phenoxy) is 1. The molecule has 0 aromatic carbocycles. The molecule has 7 heteroatoms. The molecule has 4 aliphatic heterocycles. The van der Waals surface area contributed by atoms with Gasteiger partial charge in [0.2, 0.25) is 5.91 Å². The topological polar surface area (TPSA) is 73.3 Å². The molecular formula is C20H33N3O4. The normalized spacial score (nSPS) is 33.6. The number of hydrogen-bond acceptors (Lipinski definition) is 4. The van der Waals surface area contributed by atoms with Crippen molar-refractivity contribution in [1.29, 1.82) is 0 Å². The molecule has 0 spiro atoms. The molecule has 2 unspecified atom stereocenters. The van der Waals surface area contributed by atoms with Crippen molar-refractivity contribution in [2.24, 2.45) is 5.92 Å². The van der Waals surface area contributed by atoms with Crippen LogP contribution in [0.1, 0.15) is 51.4 Å². The van der Waals surface area contributed by atoms with Crippen LogP contribution in [0.5, 0.6) is 0 Å². The van der Waals surface area contributed by atoms with Crippen molar-refractivity contribution in [1.82, 2.24) is 14.7 Å². The van der Waals surface area contributed by atoms with Gasteiger partial charge in [-0.15, -0.1) is 0 Å². The van der Waals surface area contributed by atoms with Crippen LogP contribution in [-0.4, -0.2) is 89.3 Å². The molecule has 1 N–H and O–H groups in total. The maximum absolute atomic E-state index is 12.9. The van der Waals surface area contributed by atoms with E-state index in [0.717, 1.165) is 64.7 Å². The lowest BCUT2D eigenvalue weighted by Gasteiger charge is -2.50. The van der Waals surface area contributed by atoms with E-state index in [4.69, 9.17) is 4.74 Å². The Bertz CT molecular complexity index is 527. The fourth-order valence-corrected chi connectivity index (χ4v) is 5.56. The first-order valence-electron chi connectivity index (χ1n) is 10.8. The summed E-state index contributed by atoms with van der Waals surface area (Å²) in [5.41, 5.74) is 0. The molecule has 4 rings (SSSR count). The molecule has 4 heterocycles. The Morgan fingerprint density at radius 2 is 1.41 bits per heavy atom. The highest BCUT2D eigenvalue weighted by molar-refractivity contribution is 5.79. The highest BCUT2D eigenvalue weighted by atomic mass is 16.5. The first kappa shape index (κ1) is 19.0. The van der Waals surface area contributed by atoms with Gasteiger partial charge in [0.05, 0.1) is 25.3 Å². The number of rotatable bonds is 2. The summed E-state index contributed by atoms with van der Waals surface area (Å²) in [5.74, 6) is 0.559. The predicted octanol–water partition coefficient (Wildman–Crippen LogP) is 2.01. The van der Waals surface area contributed by atoms with E-state index in [9.17, 15) is 14.7 Å². The number of carbonyl (C=O) groups excluding carboxylic acids is 1. The maximum atomic E-state index is 12.9. The van der Waals surface area contributed by atoms with Crippen molar-refractivity contribution in [2.75, 3.05) is 39.4 Å². The van der Waals surface area contributed by atoms with Gasteiger partial charge in [-0.1, -0.05) is 12.8 Å². The minimum absolute atomic E-state index is 0.0172. The fraction of sp³-hybridized carbons (Fsp3) is 0.900. The van der Waals surface area contributed by atoms with E-state index < -0.39 is 6.09 Å². The Labute approximate surface area is 161 Å². The van der Waals surface area contributed by atoms with Crippen LogP contribution in [0.4, 0.5) is 4.79 Å². The zero-order chi connectivity index (χ0) is 18.8. The molecule has 4 aliphatic rings. The molecule has 27 heavy (non-hydrogen) atoms. The smallest absolute Gasteiger partial charge is 0.407 e. The van der Waals surface area contributed by atoms with Gasteiger partial charge in [-0.2, -0.15) is 0 Å². The number of likely N-dealkylation sites (tertiary alicyclic amines) is 2. The van der Waals surface area contributed by atoms with Gasteiger partial charge in [0.1, 0.15) is 0 Å². The van der Waals surface area contributed by atoms with Crippen molar-refractivity contribution in [3.05, 3.63) is 0 Å². The number of carboxylic acid groups (broad SMARTS) is 1. The maximum Gasteiger partial charge on any atom is 0.407 e. The van der Waals surface area contributed by atoms with Crippen molar-refractivity contribution in [3.8, 4) is 0 Å². The zero-order valence-corrected chi connectivity index (χ0v) is 16.2. The predicted molar refractivity (Wildman–Crippen MR) is 101 cm³/mol. The van der Waals surface area contributed by atoms with Crippen molar-refractivity contribution in [2.45, 2.75) is 69.5 Å². The van der Waals surface area contributed by atoms with Crippen molar-refractivity contribution in [3.63, 3.8) is 0 Å². The minimum atomic E-state index is -0.812. The summed E-state index contributed by atoms with van der Waals surface area (Å²) in [6.07, 6.45) is 7.59. The van der Waals surface area contributed by atoms with Crippen LogP contribution in [0.25, 0.3) is 0 Å². The van der Waals surface area contributed by atoms with E-state index in [2.05, 4.69) is 9.80 Å². The average molecular weight is 380 g/mol. The monoisotopic (exact) mass is 379 g/mol. The van der Waals surface area contributed by atoms with Gasteiger partial charge in [-0.05, 0) is 51.6 Å². The van der Waals surface area contributed by atoms with Crippen LogP contribution in [0.2, 0.25) is 0 Å². The molecule has 0 aromatic rings. The second-order valence-electron chi connectivity index (χ2n) is 8.71. The number of piperidine rings is 2. The molecule has 152 valence electrons. The number of nitrogens with zero attached hydrogens (tertiary/aromatic N) is 3. The quantitative estimate of drug-likeness (QED) is 0.795. The first-order valence-corrected chi connectivity index (χ1v) is 10.8. The molecule has 0 aliphatic carbocycles. The Morgan fingerprint density at radius 3 is 1.96 bits per heavy atom. The summed E-state index contributed by atoms with van der Waals surface area (Å²) in [5, 5.41) is 9.49. The molecule has 2 bridgehead atoms. The van der Waals surface area contributed by atoms with Crippen LogP contribution in [0, 0.1) is 5.92 Å². The molecular weight excluding hydrogens is 346 g/mol. The van der Waals surface area contributed by atoms with Crippen LogP contribution < -0.4 is 0 Å². The molecule has 0 saturated carbocycles. The summed E-state index contributed by atoms with van der Waals surface area (Å²) in [4.78, 5) is 30.7. The summed E-state index contributed by atoms with van der Waals surface area (Å²) < 4.78 is 5.60. The van der Waals surface area contributed by atoms with Gasteiger partial charge in [-0.25, -0.2) is 4.79 Å². The molecule has 2 atom stereocenters. The zero-order valence-electron chi connectivity index (χ0n) is 16.2. The van der Waals surface area contributed by atoms with Gasteiger partial charge in [0, 0.05) is 25.0 Å². The second-order valence-corrected chi connectivity index (χ2v) is 8.71. The van der Waals surface area contributed by atoms with E-state index >= 15 is 0 Å². The summed E-state index contributed by atoms with van der Waals surface area (Å²) in [7, 11) is 0. The standard InChI is InChI=1S/C20H33N3O4/c24-19(22-7-3-1-2-4-8-22)15-5-9-21(10-6-15)16-11-17-13-27-14-18(12-16)23(17)20(25)26/h15-18H,1-14H2,(H,25,26). The van der Waals surface area contributed by atoms with Crippen molar-refractivity contribution >= 4 is 12.0 Å². The molecule has 4 saturated heterocycles. The third-order valence-corrected chi connectivity index (χ3v) is 7.03. The largest absolute Gasteiger partial charge is 0.465 e. The number of hydrogen-bond donors (Lipinski definition) is 1. The highest BCUT2D eigenvalue weighted by Gasteiger charge is 2.44. The third kappa shape index (κ3) is 4.09. The van der Waals surface area contributed by atoms with Gasteiger partial charge in [0.25, 0.3) is 0 Å². The summed E-state index contributed by atoms with van der Waals surface area (Å²) in [6, 6.07) is 0.390. The Kier molecular flexibility index (Phi) is 5.88. The highest BCUT2D eigenvalue weighted by Crippen LogP contribution is 2.33. The lowest BCUT2D eigenvalue weighted by Crippen LogP contribution is -2.62. The van der Waals surface area contributed by atoms with Crippen LogP contribution in [0.15, 0.2) is 0 Å². The van der Waals surface area contributed by atoms with Gasteiger partial charge in [-0.3, -0.25) is 9.69 Å². The average Bonchev–Trinajstić information content (AvgIpc) is 2.96. The number of amides is 2. The lowest BCUT2D eigenvalue weighted by atomic mass is 9.87. The SMILES string of the molecule is O=C(C1CCN(C2CC3COCC(C2)N3C(=O)O)CC1)N1CCCCCC1. The number of morpholine rings is 1. The van der Waals surface area contributed by atoms with Gasteiger partial charge >= 0.3 is 6.09 Å². The van der Waals surface area contributed by atoms with E-state index in [1.807, 2.05) is 0 Å². The van der Waals surface area contributed by atoms with Gasteiger partial charge < -0.3 is 19.6 Å². The van der Waals surface area contributed by atoms with Crippen LogP contribution >= 0.6 is 0 Å². The van der Waals surface area contributed by atoms with E-state index in [0.29, 0.717) is 25.2 Å². The lowest BCUT2D eigenvalue weighted by molar-refractivity contribution is -0.137. The fourth-order valence-electron chi connectivity index (χ4n) is 5.56. The Morgan fingerprint density at radius 1 is 0.815 bits per heavy atom. The van der Waals surface area contributed by atoms with E-state index in [1.54, 1.807) is 4.90 Å². The molecule has 0 aromatic heterocycles. The van der Waals surface area contributed by atoms with Crippen molar-refractivity contribution < 1.29 is 19.4 Å². The van der Waals surface area contributed by atoms with Crippen LogP contribution in [-0.2, 0) is 9.53 Å². The Hall–Kier alpha value is -1.34. The van der Waals surface area contributed by atoms with Gasteiger partial charge in [0.15, 0.2) is 0 Å². The molecule has 2 amide bonds. The van der Waals surface area contributed by atoms with E-state index in [-0.39, 0.29) is 18.0 Å². The third-order valence-electron chi connectivity index (χ3n) is 7.03.